The number of benzene rings is 2. The van der Waals surface area contributed by atoms with Crippen molar-refractivity contribution < 1.29 is 19.2 Å². The maximum atomic E-state index is 12.3. The molecule has 10 heteroatoms. The van der Waals surface area contributed by atoms with E-state index in [0.717, 1.165) is 34.1 Å². The van der Waals surface area contributed by atoms with Gasteiger partial charge < -0.3 is 0 Å². The van der Waals surface area contributed by atoms with Crippen LogP contribution in [0.4, 0.5) is 11.4 Å². The molecule has 31 heavy (non-hydrogen) atoms. The molecule has 2 aliphatic rings. The summed E-state index contributed by atoms with van der Waals surface area (Å²) in [6.45, 7) is 0. The third-order valence-corrected chi connectivity index (χ3v) is 6.48. The van der Waals surface area contributed by atoms with Crippen LogP contribution in [0.5, 0.6) is 0 Å². The van der Waals surface area contributed by atoms with Crippen molar-refractivity contribution in [2.75, 3.05) is 9.80 Å². The van der Waals surface area contributed by atoms with Gasteiger partial charge in [0.1, 0.15) is 0 Å². The van der Waals surface area contributed by atoms with Gasteiger partial charge in [-0.25, -0.2) is 9.80 Å². The van der Waals surface area contributed by atoms with Gasteiger partial charge in [-0.1, -0.05) is 46.4 Å². The van der Waals surface area contributed by atoms with Crippen LogP contribution >= 0.6 is 46.4 Å². The second-order valence-electron chi connectivity index (χ2n) is 6.59. The standard InChI is InChI=1S/C21H10Cl4N2O4/c22-12-1-3-14(26-16(28)5-6-17(26)29)10(20(12)24)9-11-15(4-2-13(23)21(11)25)27-18(30)7-8-19(27)31/h1-8H,9H2. The average molecular weight is 496 g/mol. The van der Waals surface area contributed by atoms with Crippen LogP contribution in [0, 0.1) is 0 Å². The van der Waals surface area contributed by atoms with Gasteiger partial charge in [0.05, 0.1) is 31.5 Å². The van der Waals surface area contributed by atoms with E-state index >= 15 is 0 Å². The molecule has 0 N–H and O–H groups in total. The van der Waals surface area contributed by atoms with E-state index in [1.807, 2.05) is 0 Å². The molecule has 0 spiro atoms. The van der Waals surface area contributed by atoms with E-state index in [4.69, 9.17) is 46.4 Å². The molecule has 2 heterocycles. The molecule has 156 valence electrons. The largest absolute Gasteiger partial charge is 0.269 e. The van der Waals surface area contributed by atoms with Crippen molar-refractivity contribution in [3.63, 3.8) is 0 Å². The van der Waals surface area contributed by atoms with Crippen molar-refractivity contribution in [1.82, 2.24) is 0 Å². The van der Waals surface area contributed by atoms with Crippen LogP contribution in [0.15, 0.2) is 48.6 Å². The first-order valence-electron chi connectivity index (χ1n) is 8.76. The predicted molar refractivity (Wildman–Crippen MR) is 119 cm³/mol. The highest BCUT2D eigenvalue weighted by atomic mass is 35.5. The Labute approximate surface area is 196 Å². The van der Waals surface area contributed by atoms with Gasteiger partial charge in [-0.2, -0.15) is 0 Å². The smallest absolute Gasteiger partial charge is 0.258 e. The molecule has 0 bridgehead atoms. The van der Waals surface area contributed by atoms with Gasteiger partial charge in [-0.15, -0.1) is 0 Å². The van der Waals surface area contributed by atoms with Gasteiger partial charge in [0.25, 0.3) is 23.6 Å². The highest BCUT2D eigenvalue weighted by Gasteiger charge is 2.32. The number of anilines is 2. The molecule has 2 aromatic carbocycles. The first-order valence-corrected chi connectivity index (χ1v) is 10.3. The normalized spacial score (nSPS) is 15.7. The molecule has 0 fully saturated rings. The molecule has 2 aromatic rings. The zero-order valence-corrected chi connectivity index (χ0v) is 18.4. The van der Waals surface area contributed by atoms with E-state index in [9.17, 15) is 19.2 Å². The average Bonchev–Trinajstić information content (AvgIpc) is 3.24. The van der Waals surface area contributed by atoms with E-state index in [1.54, 1.807) is 0 Å². The van der Waals surface area contributed by atoms with Crippen LogP contribution in [0.3, 0.4) is 0 Å². The van der Waals surface area contributed by atoms with Crippen LogP contribution in [0.25, 0.3) is 0 Å². The predicted octanol–water partition coefficient (Wildman–Crippen LogP) is 4.75. The molecule has 4 amide bonds. The highest BCUT2D eigenvalue weighted by Crippen LogP contribution is 2.41. The van der Waals surface area contributed by atoms with Crippen molar-refractivity contribution in [3.05, 3.63) is 79.8 Å². The van der Waals surface area contributed by atoms with E-state index in [-0.39, 0.29) is 37.9 Å². The number of nitrogens with zero attached hydrogens (tertiary/aromatic N) is 2. The Balaban J connectivity index is 1.89. The summed E-state index contributed by atoms with van der Waals surface area (Å²) in [6, 6.07) is 5.88. The lowest BCUT2D eigenvalue weighted by Gasteiger charge is -2.23. The number of hydrogen-bond donors (Lipinski definition) is 0. The summed E-state index contributed by atoms with van der Waals surface area (Å²) < 4.78 is 0. The number of rotatable bonds is 4. The van der Waals surface area contributed by atoms with Gasteiger partial charge in [0.15, 0.2) is 0 Å². The number of carbonyl (C=O) groups excluding carboxylic acids is 4. The zero-order valence-electron chi connectivity index (χ0n) is 15.4. The first-order chi connectivity index (χ1) is 14.7. The van der Waals surface area contributed by atoms with Gasteiger partial charge >= 0.3 is 0 Å². The fourth-order valence-corrected chi connectivity index (χ4v) is 4.18. The number of halogens is 4. The molecular weight excluding hydrogens is 486 g/mol. The molecule has 2 aliphatic heterocycles. The molecule has 0 atom stereocenters. The SMILES string of the molecule is O=C1C=CC(=O)N1c1ccc(Cl)c(Cl)c1Cc1c(N2C(=O)C=CC2=O)ccc(Cl)c1Cl. The van der Waals surface area contributed by atoms with Crippen LogP contribution in [-0.2, 0) is 25.6 Å². The van der Waals surface area contributed by atoms with Crippen LogP contribution in [0.2, 0.25) is 20.1 Å². The van der Waals surface area contributed by atoms with E-state index in [0.29, 0.717) is 11.1 Å². The van der Waals surface area contributed by atoms with E-state index < -0.39 is 23.6 Å². The summed E-state index contributed by atoms with van der Waals surface area (Å²) in [7, 11) is 0. The Hall–Kier alpha value is -2.64. The zero-order chi connectivity index (χ0) is 22.4. The topological polar surface area (TPSA) is 74.8 Å². The number of hydrogen-bond acceptors (Lipinski definition) is 4. The minimum Gasteiger partial charge on any atom is -0.269 e. The molecule has 0 saturated carbocycles. The lowest BCUT2D eigenvalue weighted by molar-refractivity contribution is -0.121. The summed E-state index contributed by atoms with van der Waals surface area (Å²) in [5, 5.41) is 0.543. The maximum absolute atomic E-state index is 12.3. The summed E-state index contributed by atoms with van der Waals surface area (Å²) in [6.07, 6.45) is 4.48. The molecule has 6 nitrogen and oxygen atoms in total. The van der Waals surface area contributed by atoms with Crippen molar-refractivity contribution in [1.29, 1.82) is 0 Å². The van der Waals surface area contributed by atoms with Gasteiger partial charge in [-0.05, 0) is 24.3 Å². The van der Waals surface area contributed by atoms with Crippen LogP contribution < -0.4 is 9.80 Å². The summed E-state index contributed by atoms with van der Waals surface area (Å²) in [5.41, 5.74) is 1.01. The minimum atomic E-state index is -0.545. The van der Waals surface area contributed by atoms with E-state index in [1.165, 1.54) is 24.3 Å². The van der Waals surface area contributed by atoms with Crippen LogP contribution in [-0.4, -0.2) is 23.6 Å². The Bertz CT molecular complexity index is 1120. The Morgan fingerprint density at radius 1 is 0.548 bits per heavy atom. The fraction of sp³-hybridized carbons (Fsp3) is 0.0476. The summed E-state index contributed by atoms with van der Waals surface area (Å²) in [4.78, 5) is 50.9. The molecule has 0 radical (unpaired) electrons. The van der Waals surface area contributed by atoms with Crippen molar-refractivity contribution in [3.8, 4) is 0 Å². The lowest BCUT2D eigenvalue weighted by atomic mass is 9.99. The Morgan fingerprint density at radius 3 is 1.19 bits per heavy atom. The van der Waals surface area contributed by atoms with E-state index in [2.05, 4.69) is 0 Å². The first kappa shape index (κ1) is 21.6. The monoisotopic (exact) mass is 494 g/mol. The molecule has 0 aliphatic carbocycles. The third kappa shape index (κ3) is 3.66. The number of carbonyl (C=O) groups is 4. The Morgan fingerprint density at radius 2 is 0.871 bits per heavy atom. The third-order valence-electron chi connectivity index (χ3n) is 4.80. The van der Waals surface area contributed by atoms with Gasteiger partial charge in [0.2, 0.25) is 0 Å². The molecule has 0 aromatic heterocycles. The highest BCUT2D eigenvalue weighted by molar-refractivity contribution is 6.44. The van der Waals surface area contributed by atoms with Gasteiger partial charge in [0, 0.05) is 41.9 Å². The quantitative estimate of drug-likeness (QED) is 0.573. The molecule has 0 saturated heterocycles. The second-order valence-corrected chi connectivity index (χ2v) is 8.16. The second kappa shape index (κ2) is 8.13. The molecular formula is C21H10Cl4N2O4. The summed E-state index contributed by atoms with van der Waals surface area (Å²) >= 11 is 25.3. The molecule has 0 unspecified atom stereocenters. The lowest BCUT2D eigenvalue weighted by Crippen LogP contribution is -2.31. The van der Waals surface area contributed by atoms with Crippen molar-refractivity contribution in [2.24, 2.45) is 0 Å². The van der Waals surface area contributed by atoms with Crippen molar-refractivity contribution in [2.45, 2.75) is 6.42 Å². The number of imide groups is 2. The number of amides is 4. The summed E-state index contributed by atoms with van der Waals surface area (Å²) in [5.74, 6) is -2.18. The fourth-order valence-electron chi connectivity index (χ4n) is 3.37. The van der Waals surface area contributed by atoms with Crippen LogP contribution in [0.1, 0.15) is 11.1 Å². The molecule has 4 rings (SSSR count). The minimum absolute atomic E-state index is 0.0719. The van der Waals surface area contributed by atoms with Gasteiger partial charge in [-0.3, -0.25) is 19.2 Å². The Kier molecular flexibility index (Phi) is 5.66. The maximum Gasteiger partial charge on any atom is 0.258 e. The van der Waals surface area contributed by atoms with Crippen molar-refractivity contribution >= 4 is 81.4 Å².